The first kappa shape index (κ1) is 7.60. The fraction of sp³-hybridized carbons (Fsp3) is 0.727. The Bertz CT molecular complexity index is 329. The van der Waals surface area contributed by atoms with E-state index in [4.69, 9.17) is 0 Å². The fourth-order valence-corrected chi connectivity index (χ4v) is 3.29. The monoisotopic (exact) mass is 176 g/mol. The molecule has 1 aliphatic heterocycles. The average molecular weight is 176 g/mol. The number of amidine groups is 1. The van der Waals surface area contributed by atoms with Crippen LogP contribution in [-0.2, 0) is 0 Å². The molecule has 1 spiro atoms. The lowest BCUT2D eigenvalue weighted by Gasteiger charge is -2.23. The van der Waals surface area contributed by atoms with Crippen molar-refractivity contribution >= 4 is 5.84 Å². The van der Waals surface area contributed by atoms with Crippen LogP contribution in [-0.4, -0.2) is 17.4 Å². The van der Waals surface area contributed by atoms with E-state index in [0.29, 0.717) is 11.6 Å². The minimum atomic E-state index is 0.337. The molecule has 0 aromatic rings. The van der Waals surface area contributed by atoms with Crippen LogP contribution in [0.4, 0.5) is 0 Å². The molecule has 3 rings (SSSR count). The quantitative estimate of drug-likeness (QED) is 0.558. The summed E-state index contributed by atoms with van der Waals surface area (Å²) >= 11 is 0. The van der Waals surface area contributed by atoms with Crippen molar-refractivity contribution < 1.29 is 0 Å². The summed E-state index contributed by atoms with van der Waals surface area (Å²) in [7, 11) is 0. The molecule has 0 amide bonds. The number of hydrogen-bond acceptors (Lipinski definition) is 2. The van der Waals surface area contributed by atoms with Crippen molar-refractivity contribution in [1.29, 1.82) is 0 Å². The van der Waals surface area contributed by atoms with Gasteiger partial charge in [0.2, 0.25) is 0 Å². The topological polar surface area (TPSA) is 24.4 Å². The van der Waals surface area contributed by atoms with E-state index >= 15 is 0 Å². The zero-order valence-electron chi connectivity index (χ0n) is 8.46. The molecular weight excluding hydrogens is 160 g/mol. The zero-order chi connectivity index (χ0) is 9.22. The summed E-state index contributed by atoms with van der Waals surface area (Å²) in [5.74, 6) is 2.66. The third-order valence-electron chi connectivity index (χ3n) is 4.01. The maximum atomic E-state index is 4.69. The van der Waals surface area contributed by atoms with Crippen molar-refractivity contribution in [2.75, 3.05) is 0 Å². The molecular formula is C11H16N2. The van der Waals surface area contributed by atoms with Crippen LogP contribution in [0.5, 0.6) is 0 Å². The van der Waals surface area contributed by atoms with Crippen LogP contribution in [0.1, 0.15) is 27.2 Å². The predicted octanol–water partition coefficient (Wildman–Crippen LogP) is 1.73. The van der Waals surface area contributed by atoms with Crippen molar-refractivity contribution in [3.05, 3.63) is 11.6 Å². The number of aliphatic imine (C=N–C) groups is 1. The fourth-order valence-electron chi connectivity index (χ4n) is 3.29. The Hall–Kier alpha value is -0.790. The molecule has 2 nitrogen and oxygen atoms in total. The number of nitrogens with one attached hydrogen (secondary N) is 1. The molecule has 4 atom stereocenters. The molecule has 0 bridgehead atoms. The van der Waals surface area contributed by atoms with Crippen molar-refractivity contribution in [3.63, 3.8) is 0 Å². The molecule has 1 fully saturated rings. The summed E-state index contributed by atoms with van der Waals surface area (Å²) in [6, 6.07) is 0.525. The van der Waals surface area contributed by atoms with Crippen molar-refractivity contribution in [2.45, 2.75) is 38.8 Å². The second-order valence-electron chi connectivity index (χ2n) is 4.82. The van der Waals surface area contributed by atoms with Gasteiger partial charge in [0.1, 0.15) is 0 Å². The molecule has 0 aromatic carbocycles. The Morgan fingerprint density at radius 3 is 3.08 bits per heavy atom. The minimum absolute atomic E-state index is 0.337. The molecule has 70 valence electrons. The van der Waals surface area contributed by atoms with Gasteiger partial charge in [-0.15, -0.1) is 0 Å². The van der Waals surface area contributed by atoms with Crippen molar-refractivity contribution in [3.8, 4) is 0 Å². The van der Waals surface area contributed by atoms with E-state index in [1.165, 1.54) is 5.57 Å². The summed E-state index contributed by atoms with van der Waals surface area (Å²) in [6.45, 7) is 6.66. The number of hydrogen-bond donors (Lipinski definition) is 1. The molecule has 2 aliphatic carbocycles. The highest BCUT2D eigenvalue weighted by Gasteiger charge is 2.68. The van der Waals surface area contributed by atoms with Gasteiger partial charge in [-0.2, -0.15) is 0 Å². The molecule has 2 heteroatoms. The Balaban J connectivity index is 2.02. The standard InChI is InChI=1S/C11H16N2/c1-6-4-9-7(2)11(9)10(5-6)12-8(3)13-11/h4,7,9-10H,5H2,1-3H3,(H,12,13)/t7-,9?,10-,11-/m0/s1. The lowest BCUT2D eigenvalue weighted by molar-refractivity contribution is 0.451. The molecule has 13 heavy (non-hydrogen) atoms. The van der Waals surface area contributed by atoms with Gasteiger partial charge in [0.25, 0.3) is 0 Å². The zero-order valence-corrected chi connectivity index (χ0v) is 8.46. The predicted molar refractivity (Wildman–Crippen MR) is 53.8 cm³/mol. The van der Waals surface area contributed by atoms with Crippen LogP contribution in [0.3, 0.4) is 0 Å². The number of nitrogens with zero attached hydrogens (tertiary/aromatic N) is 1. The first-order chi connectivity index (χ1) is 6.14. The highest BCUT2D eigenvalue weighted by Crippen LogP contribution is 2.59. The third kappa shape index (κ3) is 0.725. The first-order valence-corrected chi connectivity index (χ1v) is 5.14. The molecule has 0 radical (unpaired) electrons. The maximum Gasteiger partial charge on any atom is 0.0941 e. The molecule has 1 saturated carbocycles. The highest BCUT2D eigenvalue weighted by molar-refractivity contribution is 5.84. The van der Waals surface area contributed by atoms with E-state index in [1.807, 2.05) is 0 Å². The van der Waals surface area contributed by atoms with E-state index in [9.17, 15) is 0 Å². The lowest BCUT2D eigenvalue weighted by atomic mass is 9.91. The Morgan fingerprint density at radius 2 is 2.31 bits per heavy atom. The van der Waals surface area contributed by atoms with E-state index in [0.717, 1.165) is 24.1 Å². The highest BCUT2D eigenvalue weighted by atomic mass is 15.2. The van der Waals surface area contributed by atoms with Gasteiger partial charge in [0, 0.05) is 5.92 Å². The van der Waals surface area contributed by atoms with Gasteiger partial charge in [-0.05, 0) is 26.2 Å². The van der Waals surface area contributed by atoms with Gasteiger partial charge in [-0.1, -0.05) is 18.6 Å². The molecule has 3 aliphatic rings. The van der Waals surface area contributed by atoms with Crippen LogP contribution < -0.4 is 5.32 Å². The van der Waals surface area contributed by atoms with Crippen LogP contribution in [0.15, 0.2) is 16.6 Å². The van der Waals surface area contributed by atoms with Crippen LogP contribution in [0, 0.1) is 11.8 Å². The third-order valence-corrected chi connectivity index (χ3v) is 4.01. The van der Waals surface area contributed by atoms with E-state index in [1.54, 1.807) is 0 Å². The van der Waals surface area contributed by atoms with E-state index < -0.39 is 0 Å². The maximum absolute atomic E-state index is 4.69. The second kappa shape index (κ2) is 1.99. The van der Waals surface area contributed by atoms with Crippen molar-refractivity contribution in [2.24, 2.45) is 16.8 Å². The molecule has 0 aromatic heterocycles. The summed E-state index contributed by atoms with van der Waals surface area (Å²) in [5.41, 5.74) is 1.86. The van der Waals surface area contributed by atoms with Gasteiger partial charge in [0.15, 0.2) is 0 Å². The summed E-state index contributed by atoms with van der Waals surface area (Å²) in [6.07, 6.45) is 3.60. The molecule has 1 unspecified atom stereocenters. The number of rotatable bonds is 0. The van der Waals surface area contributed by atoms with Gasteiger partial charge < -0.3 is 5.32 Å². The van der Waals surface area contributed by atoms with Gasteiger partial charge >= 0.3 is 0 Å². The molecule has 1 N–H and O–H groups in total. The SMILES string of the molecule is CC1=CC2[C@H](C)[C@]23NC(C)=N[C@H]3C1. The minimum Gasteiger partial charge on any atom is -0.366 e. The molecule has 0 saturated heterocycles. The Labute approximate surface area is 79.1 Å². The normalized spacial score (nSPS) is 51.5. The van der Waals surface area contributed by atoms with Gasteiger partial charge in [-0.3, -0.25) is 4.99 Å². The summed E-state index contributed by atoms with van der Waals surface area (Å²) in [4.78, 5) is 4.69. The van der Waals surface area contributed by atoms with Crippen LogP contribution in [0.2, 0.25) is 0 Å². The Kier molecular flexibility index (Phi) is 1.17. The lowest BCUT2D eigenvalue weighted by Crippen LogP contribution is -2.41. The summed E-state index contributed by atoms with van der Waals surface area (Å²) < 4.78 is 0. The van der Waals surface area contributed by atoms with Gasteiger partial charge in [0.05, 0.1) is 17.4 Å². The van der Waals surface area contributed by atoms with E-state index in [2.05, 4.69) is 37.2 Å². The first-order valence-electron chi connectivity index (χ1n) is 5.14. The van der Waals surface area contributed by atoms with Crippen LogP contribution >= 0.6 is 0 Å². The second-order valence-corrected chi connectivity index (χ2v) is 4.82. The van der Waals surface area contributed by atoms with E-state index in [-0.39, 0.29) is 0 Å². The van der Waals surface area contributed by atoms with Crippen molar-refractivity contribution in [1.82, 2.24) is 5.32 Å². The smallest absolute Gasteiger partial charge is 0.0941 e. The molecule has 1 heterocycles. The van der Waals surface area contributed by atoms with Crippen LogP contribution in [0.25, 0.3) is 0 Å². The summed E-state index contributed by atoms with van der Waals surface area (Å²) in [5, 5.41) is 3.58. The Morgan fingerprint density at radius 1 is 1.54 bits per heavy atom. The largest absolute Gasteiger partial charge is 0.366 e. The average Bonchev–Trinajstić information content (AvgIpc) is 2.50. The van der Waals surface area contributed by atoms with Gasteiger partial charge in [-0.25, -0.2) is 0 Å².